The van der Waals surface area contributed by atoms with Crippen molar-refractivity contribution >= 4 is 56.0 Å². The Labute approximate surface area is 172 Å². The SMILES string of the molecule is C[C@@H](Sc1nc2ccc(Cl)cc2[nH]1)C(=O)Nc1cccc(S(=O)(=O)N(C)C)c1. The fourth-order valence-corrected chi connectivity index (χ4v) is 4.37. The average Bonchev–Trinajstić information content (AvgIpc) is 3.03. The second kappa shape index (κ2) is 8.12. The Morgan fingerprint density at radius 3 is 2.71 bits per heavy atom. The van der Waals surface area contributed by atoms with Gasteiger partial charge in [-0.05, 0) is 43.3 Å². The quantitative estimate of drug-likeness (QED) is 0.573. The lowest BCUT2D eigenvalue weighted by Crippen LogP contribution is -2.24. The fourth-order valence-electron chi connectivity index (χ4n) is 2.42. The molecule has 2 N–H and O–H groups in total. The van der Waals surface area contributed by atoms with Crippen molar-refractivity contribution in [2.24, 2.45) is 0 Å². The molecule has 0 unspecified atom stereocenters. The summed E-state index contributed by atoms with van der Waals surface area (Å²) < 4.78 is 25.6. The summed E-state index contributed by atoms with van der Waals surface area (Å²) in [7, 11) is -0.655. The number of benzene rings is 2. The highest BCUT2D eigenvalue weighted by molar-refractivity contribution is 8.00. The van der Waals surface area contributed by atoms with Gasteiger partial charge in [0.15, 0.2) is 5.16 Å². The minimum absolute atomic E-state index is 0.116. The zero-order chi connectivity index (χ0) is 20.5. The first-order valence-corrected chi connectivity index (χ1v) is 11.0. The Morgan fingerprint density at radius 1 is 1.25 bits per heavy atom. The number of aromatic nitrogens is 2. The first-order chi connectivity index (χ1) is 13.2. The van der Waals surface area contributed by atoms with E-state index in [1.165, 1.54) is 38.0 Å². The van der Waals surface area contributed by atoms with Crippen LogP contribution in [0.4, 0.5) is 5.69 Å². The molecule has 0 spiro atoms. The lowest BCUT2D eigenvalue weighted by Gasteiger charge is -2.14. The minimum atomic E-state index is -3.57. The third-order valence-electron chi connectivity index (χ3n) is 3.96. The Kier molecular flexibility index (Phi) is 5.99. The van der Waals surface area contributed by atoms with Crippen molar-refractivity contribution in [3.05, 3.63) is 47.5 Å². The molecule has 0 aliphatic heterocycles. The van der Waals surface area contributed by atoms with Crippen molar-refractivity contribution in [2.75, 3.05) is 19.4 Å². The van der Waals surface area contributed by atoms with Gasteiger partial charge >= 0.3 is 0 Å². The maximum Gasteiger partial charge on any atom is 0.242 e. The number of sulfonamides is 1. The van der Waals surface area contributed by atoms with Crippen molar-refractivity contribution in [2.45, 2.75) is 22.2 Å². The summed E-state index contributed by atoms with van der Waals surface area (Å²) in [6.45, 7) is 1.75. The van der Waals surface area contributed by atoms with Gasteiger partial charge in [0.1, 0.15) is 0 Å². The highest BCUT2D eigenvalue weighted by Gasteiger charge is 2.20. The molecule has 148 valence electrons. The van der Waals surface area contributed by atoms with Crippen LogP contribution >= 0.6 is 23.4 Å². The predicted octanol–water partition coefficient (Wildman–Crippen LogP) is 3.59. The predicted molar refractivity (Wildman–Crippen MR) is 112 cm³/mol. The number of hydrogen-bond acceptors (Lipinski definition) is 5. The van der Waals surface area contributed by atoms with Crippen molar-refractivity contribution < 1.29 is 13.2 Å². The molecular weight excluding hydrogens is 420 g/mol. The van der Waals surface area contributed by atoms with E-state index in [9.17, 15) is 13.2 Å². The molecule has 1 amide bonds. The maximum atomic E-state index is 12.5. The van der Waals surface area contributed by atoms with Crippen LogP contribution in [-0.4, -0.2) is 47.9 Å². The minimum Gasteiger partial charge on any atom is -0.333 e. The molecule has 0 aliphatic carbocycles. The molecule has 7 nitrogen and oxygen atoms in total. The lowest BCUT2D eigenvalue weighted by atomic mass is 10.3. The average molecular weight is 439 g/mol. The molecule has 1 aromatic heterocycles. The van der Waals surface area contributed by atoms with Gasteiger partial charge in [-0.2, -0.15) is 0 Å². The molecule has 2 aromatic carbocycles. The van der Waals surface area contributed by atoms with Gasteiger partial charge in [-0.3, -0.25) is 4.79 Å². The van der Waals surface area contributed by atoms with E-state index in [4.69, 9.17) is 11.6 Å². The van der Waals surface area contributed by atoms with Crippen LogP contribution in [0.15, 0.2) is 52.5 Å². The highest BCUT2D eigenvalue weighted by Crippen LogP contribution is 2.26. The van der Waals surface area contributed by atoms with Crippen molar-refractivity contribution in [3.8, 4) is 0 Å². The number of nitrogens with zero attached hydrogens (tertiary/aromatic N) is 2. The van der Waals surface area contributed by atoms with Gasteiger partial charge in [0, 0.05) is 24.8 Å². The van der Waals surface area contributed by atoms with E-state index in [2.05, 4.69) is 15.3 Å². The molecule has 3 aromatic rings. The molecule has 28 heavy (non-hydrogen) atoms. The lowest BCUT2D eigenvalue weighted by molar-refractivity contribution is -0.115. The Hall–Kier alpha value is -2.07. The van der Waals surface area contributed by atoms with Gasteiger partial charge in [-0.1, -0.05) is 29.4 Å². The smallest absolute Gasteiger partial charge is 0.242 e. The zero-order valence-electron chi connectivity index (χ0n) is 15.4. The normalized spacial score (nSPS) is 13.0. The van der Waals surface area contributed by atoms with Crippen LogP contribution in [0, 0.1) is 0 Å². The van der Waals surface area contributed by atoms with Crippen LogP contribution < -0.4 is 5.32 Å². The number of aromatic amines is 1. The van der Waals surface area contributed by atoms with E-state index in [-0.39, 0.29) is 10.8 Å². The second-order valence-corrected chi connectivity index (χ2v) is 10.2. The van der Waals surface area contributed by atoms with E-state index in [1.54, 1.807) is 37.3 Å². The molecule has 1 atom stereocenters. The first-order valence-electron chi connectivity index (χ1n) is 8.32. The number of imidazole rings is 1. The molecule has 3 rings (SSSR count). The van der Waals surface area contributed by atoms with Crippen LogP contribution in [-0.2, 0) is 14.8 Å². The molecule has 10 heteroatoms. The number of carbonyl (C=O) groups excluding carboxylic acids is 1. The van der Waals surface area contributed by atoms with Crippen LogP contribution in [0.3, 0.4) is 0 Å². The van der Waals surface area contributed by atoms with Crippen LogP contribution in [0.1, 0.15) is 6.92 Å². The second-order valence-electron chi connectivity index (χ2n) is 6.27. The van der Waals surface area contributed by atoms with E-state index in [1.807, 2.05) is 0 Å². The Morgan fingerprint density at radius 2 is 2.00 bits per heavy atom. The van der Waals surface area contributed by atoms with Gasteiger partial charge in [-0.15, -0.1) is 0 Å². The number of H-pyrrole nitrogens is 1. The van der Waals surface area contributed by atoms with Crippen LogP contribution in [0.2, 0.25) is 5.02 Å². The summed E-state index contributed by atoms with van der Waals surface area (Å²) in [5, 5.41) is 3.50. The topological polar surface area (TPSA) is 95.2 Å². The number of hydrogen-bond donors (Lipinski definition) is 2. The summed E-state index contributed by atoms with van der Waals surface area (Å²) >= 11 is 7.24. The molecule has 0 aliphatic rings. The molecule has 1 heterocycles. The number of fused-ring (bicyclic) bond motifs is 1. The summed E-state index contributed by atoms with van der Waals surface area (Å²) in [6.07, 6.45) is 0. The number of anilines is 1. The van der Waals surface area contributed by atoms with E-state index in [0.717, 1.165) is 15.3 Å². The summed E-state index contributed by atoms with van der Waals surface area (Å²) in [5.74, 6) is -0.261. The molecule has 0 fully saturated rings. The number of amides is 1. The monoisotopic (exact) mass is 438 g/mol. The molecule has 0 bridgehead atoms. The van der Waals surface area contributed by atoms with Crippen molar-refractivity contribution in [1.29, 1.82) is 0 Å². The van der Waals surface area contributed by atoms with E-state index < -0.39 is 15.3 Å². The maximum absolute atomic E-state index is 12.5. The largest absolute Gasteiger partial charge is 0.333 e. The van der Waals surface area contributed by atoms with Crippen LogP contribution in [0.25, 0.3) is 11.0 Å². The van der Waals surface area contributed by atoms with Gasteiger partial charge in [0.2, 0.25) is 15.9 Å². The number of halogens is 1. The third-order valence-corrected chi connectivity index (χ3v) is 6.99. The zero-order valence-corrected chi connectivity index (χ0v) is 17.8. The van der Waals surface area contributed by atoms with E-state index >= 15 is 0 Å². The van der Waals surface area contributed by atoms with Crippen molar-refractivity contribution in [1.82, 2.24) is 14.3 Å². The van der Waals surface area contributed by atoms with Crippen LogP contribution in [0.5, 0.6) is 0 Å². The van der Waals surface area contributed by atoms with Gasteiger partial charge < -0.3 is 10.3 Å². The van der Waals surface area contributed by atoms with E-state index in [0.29, 0.717) is 15.9 Å². The number of carbonyl (C=O) groups is 1. The summed E-state index contributed by atoms with van der Waals surface area (Å²) in [5.41, 5.74) is 1.97. The first kappa shape index (κ1) is 20.7. The summed E-state index contributed by atoms with van der Waals surface area (Å²) in [6, 6.07) is 11.5. The van der Waals surface area contributed by atoms with Crippen molar-refractivity contribution in [3.63, 3.8) is 0 Å². The van der Waals surface area contributed by atoms with Gasteiger partial charge in [-0.25, -0.2) is 17.7 Å². The fraction of sp³-hybridized carbons (Fsp3) is 0.222. The van der Waals surface area contributed by atoms with Gasteiger partial charge in [0.25, 0.3) is 0 Å². The molecule has 0 saturated heterocycles. The Balaban J connectivity index is 1.72. The summed E-state index contributed by atoms with van der Waals surface area (Å²) in [4.78, 5) is 20.2. The Bertz CT molecular complexity index is 1130. The number of thioether (sulfide) groups is 1. The van der Waals surface area contributed by atoms with Gasteiger partial charge in [0.05, 0.1) is 21.2 Å². The molecule has 0 saturated carbocycles. The number of rotatable bonds is 6. The third kappa shape index (κ3) is 4.49. The standard InChI is InChI=1S/C18H19ClN4O3S2/c1-11(27-18-21-15-8-7-12(19)9-16(15)22-18)17(24)20-13-5-4-6-14(10-13)28(25,26)23(2)3/h4-11H,1-3H3,(H,20,24)(H,21,22)/t11-/m1/s1. The molecular formula is C18H19ClN4O3S2. The highest BCUT2D eigenvalue weighted by atomic mass is 35.5. The number of nitrogens with one attached hydrogen (secondary N) is 2. The molecule has 0 radical (unpaired) electrons.